The average Bonchev–Trinajstić information content (AvgIpc) is 2.91. The number of carbonyl (C=O) groups excluding carboxylic acids is 1. The van der Waals surface area contributed by atoms with E-state index in [9.17, 15) is 9.90 Å². The molecule has 0 bridgehead atoms. The Morgan fingerprint density at radius 3 is 2.89 bits per heavy atom. The van der Waals surface area contributed by atoms with Gasteiger partial charge >= 0.3 is 0 Å². The van der Waals surface area contributed by atoms with Crippen LogP contribution >= 0.6 is 0 Å². The van der Waals surface area contributed by atoms with Crippen LogP contribution in [0.25, 0.3) is 0 Å². The highest BCUT2D eigenvalue weighted by molar-refractivity contribution is 5.80. The van der Waals surface area contributed by atoms with Crippen molar-refractivity contribution >= 4 is 5.91 Å². The molecule has 106 valence electrons. The predicted octanol–water partition coefficient (Wildman–Crippen LogP) is 1.60. The summed E-state index contributed by atoms with van der Waals surface area (Å²) >= 11 is 0. The van der Waals surface area contributed by atoms with Crippen LogP contribution in [-0.2, 0) is 16.1 Å². The topological polar surface area (TPSA) is 71.7 Å². The standard InChI is InChI=1S/C14H21NO4/c1-10(19-12-6-4-11(16)5-7-12)14(17)15-9-13-3-2-8-18-13/h2-3,8,10-12,16H,4-7,9H2,1H3,(H,15,17). The monoisotopic (exact) mass is 267 g/mol. The molecule has 1 unspecified atom stereocenters. The van der Waals surface area contributed by atoms with Crippen molar-refractivity contribution in [1.29, 1.82) is 0 Å². The zero-order chi connectivity index (χ0) is 13.7. The minimum atomic E-state index is -0.477. The van der Waals surface area contributed by atoms with Crippen LogP contribution in [0.3, 0.4) is 0 Å². The fraction of sp³-hybridized carbons (Fsp3) is 0.643. The summed E-state index contributed by atoms with van der Waals surface area (Å²) in [6.45, 7) is 2.13. The van der Waals surface area contributed by atoms with E-state index in [4.69, 9.17) is 9.15 Å². The van der Waals surface area contributed by atoms with E-state index in [0.29, 0.717) is 6.54 Å². The minimum Gasteiger partial charge on any atom is -0.467 e. The van der Waals surface area contributed by atoms with Crippen LogP contribution in [0.15, 0.2) is 22.8 Å². The molecule has 1 fully saturated rings. The van der Waals surface area contributed by atoms with E-state index in [2.05, 4.69) is 5.32 Å². The molecule has 2 N–H and O–H groups in total. The first kappa shape index (κ1) is 14.1. The molecule has 0 radical (unpaired) electrons. The second kappa shape index (κ2) is 6.73. The number of aliphatic hydroxyl groups excluding tert-OH is 1. The fourth-order valence-corrected chi connectivity index (χ4v) is 2.26. The van der Waals surface area contributed by atoms with E-state index in [0.717, 1.165) is 31.4 Å². The first-order chi connectivity index (χ1) is 9.15. The van der Waals surface area contributed by atoms with Gasteiger partial charge in [-0.15, -0.1) is 0 Å². The Hall–Kier alpha value is -1.33. The molecule has 2 rings (SSSR count). The van der Waals surface area contributed by atoms with Gasteiger partial charge in [0.25, 0.3) is 0 Å². The van der Waals surface area contributed by atoms with Crippen molar-refractivity contribution in [1.82, 2.24) is 5.32 Å². The van der Waals surface area contributed by atoms with E-state index in [1.807, 2.05) is 6.07 Å². The molecule has 5 heteroatoms. The van der Waals surface area contributed by atoms with Gasteiger partial charge in [-0.2, -0.15) is 0 Å². The predicted molar refractivity (Wildman–Crippen MR) is 69.4 cm³/mol. The summed E-state index contributed by atoms with van der Waals surface area (Å²) in [5.74, 6) is 0.587. The Bertz CT molecular complexity index is 382. The summed E-state index contributed by atoms with van der Waals surface area (Å²) in [5, 5.41) is 12.2. The third-order valence-electron chi connectivity index (χ3n) is 3.43. The molecule has 1 aliphatic rings. The molecule has 0 spiro atoms. The highest BCUT2D eigenvalue weighted by Gasteiger charge is 2.24. The second-order valence-electron chi connectivity index (χ2n) is 5.01. The summed E-state index contributed by atoms with van der Waals surface area (Å²) in [6, 6.07) is 3.60. The average molecular weight is 267 g/mol. The minimum absolute atomic E-state index is 0.0766. The summed E-state index contributed by atoms with van der Waals surface area (Å²) in [5.41, 5.74) is 0. The van der Waals surface area contributed by atoms with Gasteiger partial charge in [-0.25, -0.2) is 0 Å². The van der Waals surface area contributed by atoms with Crippen molar-refractivity contribution in [3.8, 4) is 0 Å². The van der Waals surface area contributed by atoms with Gasteiger partial charge < -0.3 is 19.6 Å². The number of furan rings is 1. The van der Waals surface area contributed by atoms with Crippen LogP contribution in [0, 0.1) is 0 Å². The van der Waals surface area contributed by atoms with E-state index in [1.165, 1.54) is 0 Å². The van der Waals surface area contributed by atoms with Gasteiger partial charge in [0.05, 0.1) is 25.0 Å². The third kappa shape index (κ3) is 4.36. The summed E-state index contributed by atoms with van der Waals surface area (Å²) in [6.07, 6.45) is 4.12. The molecule has 1 heterocycles. The Morgan fingerprint density at radius 1 is 1.53 bits per heavy atom. The van der Waals surface area contributed by atoms with Crippen molar-refractivity contribution in [2.75, 3.05) is 0 Å². The van der Waals surface area contributed by atoms with Crippen LogP contribution in [0.5, 0.6) is 0 Å². The molecule has 0 saturated heterocycles. The highest BCUT2D eigenvalue weighted by Crippen LogP contribution is 2.22. The third-order valence-corrected chi connectivity index (χ3v) is 3.43. The summed E-state index contributed by atoms with van der Waals surface area (Å²) in [4.78, 5) is 11.8. The van der Waals surface area contributed by atoms with Crippen molar-refractivity contribution in [2.45, 2.75) is 57.5 Å². The van der Waals surface area contributed by atoms with Crippen molar-refractivity contribution in [3.63, 3.8) is 0 Å². The number of hydrogen-bond acceptors (Lipinski definition) is 4. The van der Waals surface area contributed by atoms with E-state index in [-0.39, 0.29) is 18.1 Å². The molecule has 1 amide bonds. The van der Waals surface area contributed by atoms with E-state index >= 15 is 0 Å². The lowest BCUT2D eigenvalue weighted by atomic mass is 9.95. The Morgan fingerprint density at radius 2 is 2.26 bits per heavy atom. The second-order valence-corrected chi connectivity index (χ2v) is 5.01. The normalized spacial score (nSPS) is 24.9. The smallest absolute Gasteiger partial charge is 0.249 e. The maximum atomic E-state index is 11.8. The number of ether oxygens (including phenoxy) is 1. The molecule has 0 aliphatic heterocycles. The van der Waals surface area contributed by atoms with Gasteiger partial charge in [0.2, 0.25) is 5.91 Å². The molecule has 1 aliphatic carbocycles. The first-order valence-electron chi connectivity index (χ1n) is 6.79. The number of nitrogens with one attached hydrogen (secondary N) is 1. The molecule has 1 atom stereocenters. The molecule has 1 aromatic rings. The number of rotatable bonds is 5. The molecule has 1 saturated carbocycles. The molecular weight excluding hydrogens is 246 g/mol. The fourth-order valence-electron chi connectivity index (χ4n) is 2.26. The van der Waals surface area contributed by atoms with Gasteiger partial charge in [-0.3, -0.25) is 4.79 Å². The van der Waals surface area contributed by atoms with Gasteiger partial charge in [0.1, 0.15) is 11.9 Å². The van der Waals surface area contributed by atoms with Gasteiger partial charge in [-0.05, 0) is 44.7 Å². The molecule has 19 heavy (non-hydrogen) atoms. The molecule has 5 nitrogen and oxygen atoms in total. The summed E-state index contributed by atoms with van der Waals surface area (Å²) in [7, 11) is 0. The van der Waals surface area contributed by atoms with Crippen LogP contribution < -0.4 is 5.32 Å². The van der Waals surface area contributed by atoms with Crippen LogP contribution in [0.4, 0.5) is 0 Å². The summed E-state index contributed by atoms with van der Waals surface area (Å²) < 4.78 is 10.9. The zero-order valence-electron chi connectivity index (χ0n) is 11.2. The Kier molecular flexibility index (Phi) is 4.99. The zero-order valence-corrected chi connectivity index (χ0v) is 11.2. The van der Waals surface area contributed by atoms with Gasteiger partial charge in [0, 0.05) is 0 Å². The SMILES string of the molecule is CC(OC1CCC(O)CC1)C(=O)NCc1ccco1. The lowest BCUT2D eigenvalue weighted by molar-refractivity contribution is -0.137. The quantitative estimate of drug-likeness (QED) is 0.850. The maximum absolute atomic E-state index is 11.8. The molecule has 0 aromatic carbocycles. The Labute approximate surface area is 112 Å². The van der Waals surface area contributed by atoms with Crippen LogP contribution in [-0.4, -0.2) is 29.3 Å². The lowest BCUT2D eigenvalue weighted by Crippen LogP contribution is -2.37. The van der Waals surface area contributed by atoms with Crippen molar-refractivity contribution < 1.29 is 19.1 Å². The Balaban J connectivity index is 1.70. The van der Waals surface area contributed by atoms with Crippen LogP contribution in [0.1, 0.15) is 38.4 Å². The van der Waals surface area contributed by atoms with Crippen molar-refractivity contribution in [2.24, 2.45) is 0 Å². The lowest BCUT2D eigenvalue weighted by Gasteiger charge is -2.27. The van der Waals surface area contributed by atoms with Crippen molar-refractivity contribution in [3.05, 3.63) is 24.2 Å². The number of hydrogen-bond donors (Lipinski definition) is 2. The van der Waals surface area contributed by atoms with E-state index < -0.39 is 6.10 Å². The largest absolute Gasteiger partial charge is 0.467 e. The molecule has 1 aromatic heterocycles. The first-order valence-corrected chi connectivity index (χ1v) is 6.79. The maximum Gasteiger partial charge on any atom is 0.249 e. The number of amides is 1. The highest BCUT2D eigenvalue weighted by atomic mass is 16.5. The van der Waals surface area contributed by atoms with E-state index in [1.54, 1.807) is 19.3 Å². The van der Waals surface area contributed by atoms with Gasteiger partial charge in [-0.1, -0.05) is 0 Å². The number of aliphatic hydroxyl groups is 1. The number of carbonyl (C=O) groups is 1. The molecular formula is C14H21NO4. The van der Waals surface area contributed by atoms with Gasteiger partial charge in [0.15, 0.2) is 0 Å². The van der Waals surface area contributed by atoms with Crippen LogP contribution in [0.2, 0.25) is 0 Å².